The van der Waals surface area contributed by atoms with Crippen LogP contribution in [-0.4, -0.2) is 13.0 Å². The van der Waals surface area contributed by atoms with E-state index >= 15 is 0 Å². The molecule has 0 heterocycles. The fraction of sp³-hybridized carbons (Fsp3) is 0.235. The van der Waals surface area contributed by atoms with Gasteiger partial charge in [0, 0.05) is 10.9 Å². The maximum atomic E-state index is 12.1. The zero-order valence-electron chi connectivity index (χ0n) is 12.5. The van der Waals surface area contributed by atoms with Gasteiger partial charge in [0.25, 0.3) is 0 Å². The van der Waals surface area contributed by atoms with Crippen molar-refractivity contribution in [3.8, 4) is 5.75 Å². The maximum absolute atomic E-state index is 12.1. The lowest BCUT2D eigenvalue weighted by Gasteiger charge is -2.09. The van der Waals surface area contributed by atoms with Gasteiger partial charge < -0.3 is 10.1 Å². The largest absolute Gasteiger partial charge is 0.496 e. The third-order valence-electron chi connectivity index (χ3n) is 3.26. The topological polar surface area (TPSA) is 38.3 Å². The van der Waals surface area contributed by atoms with E-state index in [2.05, 4.69) is 37.2 Å². The summed E-state index contributed by atoms with van der Waals surface area (Å²) in [6.07, 6.45) is 1.11. The van der Waals surface area contributed by atoms with E-state index < -0.39 is 0 Å². The Balaban J connectivity index is 1.94. The van der Waals surface area contributed by atoms with Crippen LogP contribution in [0.5, 0.6) is 5.75 Å². The van der Waals surface area contributed by atoms with Crippen molar-refractivity contribution in [1.29, 1.82) is 0 Å². The maximum Gasteiger partial charge on any atom is 0.224 e. The summed E-state index contributed by atoms with van der Waals surface area (Å²) in [5, 5.41) is 2.92. The second-order valence-electron chi connectivity index (χ2n) is 5.00. The summed E-state index contributed by atoms with van der Waals surface area (Å²) >= 11 is 6.91. The van der Waals surface area contributed by atoms with E-state index in [0.717, 1.165) is 31.5 Å². The second-order valence-corrected chi connectivity index (χ2v) is 6.71. The summed E-state index contributed by atoms with van der Waals surface area (Å²) in [5.41, 5.74) is 3.03. The van der Waals surface area contributed by atoms with Crippen molar-refractivity contribution >= 4 is 43.5 Å². The highest BCUT2D eigenvalue weighted by Crippen LogP contribution is 2.26. The van der Waals surface area contributed by atoms with Crippen molar-refractivity contribution < 1.29 is 9.53 Å². The van der Waals surface area contributed by atoms with Crippen LogP contribution >= 0.6 is 31.9 Å². The number of aryl methyl sites for hydroxylation is 2. The zero-order chi connectivity index (χ0) is 16.1. The molecule has 0 spiro atoms. The Bertz CT molecular complexity index is 686. The number of benzene rings is 2. The van der Waals surface area contributed by atoms with E-state index in [1.54, 1.807) is 7.11 Å². The summed E-state index contributed by atoms with van der Waals surface area (Å²) in [6.45, 7) is 2.01. The summed E-state index contributed by atoms with van der Waals surface area (Å²) in [7, 11) is 1.63. The van der Waals surface area contributed by atoms with Crippen molar-refractivity contribution in [1.82, 2.24) is 0 Å². The fourth-order valence-electron chi connectivity index (χ4n) is 2.06. The number of halogens is 2. The number of amides is 1. The van der Waals surface area contributed by atoms with Crippen molar-refractivity contribution in [3.63, 3.8) is 0 Å². The highest BCUT2D eigenvalue weighted by atomic mass is 79.9. The number of hydrogen-bond donors (Lipinski definition) is 1. The summed E-state index contributed by atoms with van der Waals surface area (Å²) in [5.74, 6) is 0.785. The molecular formula is C17H17Br2NO2. The van der Waals surface area contributed by atoms with Crippen LogP contribution in [0.4, 0.5) is 5.69 Å². The van der Waals surface area contributed by atoms with Gasteiger partial charge in [-0.2, -0.15) is 0 Å². The number of hydrogen-bond acceptors (Lipinski definition) is 2. The Kier molecular flexibility index (Phi) is 6.03. The molecule has 116 valence electrons. The van der Waals surface area contributed by atoms with E-state index in [1.165, 1.54) is 0 Å². The van der Waals surface area contributed by atoms with Crippen LogP contribution < -0.4 is 10.1 Å². The number of carbonyl (C=O) groups is 1. The van der Waals surface area contributed by atoms with Crippen LogP contribution in [0, 0.1) is 6.92 Å². The Morgan fingerprint density at radius 3 is 2.55 bits per heavy atom. The molecule has 0 aromatic heterocycles. The minimum Gasteiger partial charge on any atom is -0.496 e. The first-order valence-corrected chi connectivity index (χ1v) is 8.46. The highest BCUT2D eigenvalue weighted by molar-refractivity contribution is 9.11. The summed E-state index contributed by atoms with van der Waals surface area (Å²) < 4.78 is 6.99. The predicted octanol–water partition coefficient (Wildman–Crippen LogP) is 5.10. The quantitative estimate of drug-likeness (QED) is 0.722. The van der Waals surface area contributed by atoms with Gasteiger partial charge >= 0.3 is 0 Å². The van der Waals surface area contributed by atoms with Gasteiger partial charge in [0.2, 0.25) is 5.91 Å². The van der Waals surface area contributed by atoms with Gasteiger partial charge in [-0.3, -0.25) is 4.79 Å². The minimum atomic E-state index is -0.00325. The Hall–Kier alpha value is -1.33. The van der Waals surface area contributed by atoms with Gasteiger partial charge in [0.15, 0.2) is 0 Å². The average molecular weight is 427 g/mol. The fourth-order valence-corrected chi connectivity index (χ4v) is 3.24. The number of rotatable bonds is 5. The second kappa shape index (κ2) is 7.79. The van der Waals surface area contributed by atoms with Crippen molar-refractivity contribution in [2.24, 2.45) is 0 Å². The van der Waals surface area contributed by atoms with Gasteiger partial charge in [-0.25, -0.2) is 0 Å². The Labute approximate surface area is 147 Å². The molecule has 1 amide bonds. The SMILES string of the molecule is COc1ccc(CCC(=O)Nc2ccc(C)cc2Br)cc1Br. The number of anilines is 1. The van der Waals surface area contributed by atoms with E-state index in [-0.39, 0.29) is 5.91 Å². The lowest BCUT2D eigenvalue weighted by atomic mass is 10.1. The van der Waals surface area contributed by atoms with Gasteiger partial charge in [0.05, 0.1) is 17.3 Å². The number of methoxy groups -OCH3 is 1. The molecule has 0 bridgehead atoms. The molecule has 0 saturated carbocycles. The molecule has 0 aliphatic carbocycles. The molecule has 2 aromatic rings. The molecule has 1 N–H and O–H groups in total. The number of carbonyl (C=O) groups excluding carboxylic acids is 1. The summed E-state index contributed by atoms with van der Waals surface area (Å²) in [4.78, 5) is 12.1. The van der Waals surface area contributed by atoms with Crippen LogP contribution in [0.2, 0.25) is 0 Å². The third-order valence-corrected chi connectivity index (χ3v) is 4.53. The lowest BCUT2D eigenvalue weighted by molar-refractivity contribution is -0.116. The third kappa shape index (κ3) is 4.58. The van der Waals surface area contributed by atoms with Crippen molar-refractivity contribution in [2.45, 2.75) is 19.8 Å². The van der Waals surface area contributed by atoms with Gasteiger partial charge in [-0.05, 0) is 80.6 Å². The molecule has 0 saturated heterocycles. The van der Waals surface area contributed by atoms with Crippen molar-refractivity contribution in [2.75, 3.05) is 12.4 Å². The first-order valence-electron chi connectivity index (χ1n) is 6.88. The van der Waals surface area contributed by atoms with E-state index in [1.807, 2.05) is 43.3 Å². The van der Waals surface area contributed by atoms with Gasteiger partial charge in [0.1, 0.15) is 5.75 Å². The molecule has 0 aliphatic heterocycles. The van der Waals surface area contributed by atoms with Crippen LogP contribution in [0.3, 0.4) is 0 Å². The molecular weight excluding hydrogens is 410 g/mol. The summed E-state index contributed by atoms with van der Waals surface area (Å²) in [6, 6.07) is 11.7. The van der Waals surface area contributed by atoms with Crippen LogP contribution in [0.1, 0.15) is 17.5 Å². The van der Waals surface area contributed by atoms with E-state index in [0.29, 0.717) is 12.8 Å². The van der Waals surface area contributed by atoms with Gasteiger partial charge in [-0.15, -0.1) is 0 Å². The molecule has 22 heavy (non-hydrogen) atoms. The monoisotopic (exact) mass is 425 g/mol. The molecule has 0 atom stereocenters. The molecule has 2 aromatic carbocycles. The first-order chi connectivity index (χ1) is 10.5. The molecule has 2 rings (SSSR count). The lowest BCUT2D eigenvalue weighted by Crippen LogP contribution is -2.12. The molecule has 0 aliphatic rings. The molecule has 3 nitrogen and oxygen atoms in total. The molecule has 5 heteroatoms. The Morgan fingerprint density at radius 2 is 1.91 bits per heavy atom. The number of nitrogens with one attached hydrogen (secondary N) is 1. The normalized spacial score (nSPS) is 10.4. The smallest absolute Gasteiger partial charge is 0.224 e. The Morgan fingerprint density at radius 1 is 1.14 bits per heavy atom. The van der Waals surface area contributed by atoms with Crippen molar-refractivity contribution in [3.05, 3.63) is 56.5 Å². The molecule has 0 fully saturated rings. The number of ether oxygens (including phenoxy) is 1. The molecule has 0 unspecified atom stereocenters. The van der Waals surface area contributed by atoms with E-state index in [4.69, 9.17) is 4.74 Å². The average Bonchev–Trinajstić information content (AvgIpc) is 2.48. The van der Waals surface area contributed by atoms with Crippen LogP contribution in [0.25, 0.3) is 0 Å². The first kappa shape index (κ1) is 17.0. The van der Waals surface area contributed by atoms with E-state index in [9.17, 15) is 4.79 Å². The van der Waals surface area contributed by atoms with Crippen LogP contribution in [-0.2, 0) is 11.2 Å². The molecule has 0 radical (unpaired) electrons. The predicted molar refractivity (Wildman–Crippen MR) is 96.5 cm³/mol. The highest BCUT2D eigenvalue weighted by Gasteiger charge is 2.07. The van der Waals surface area contributed by atoms with Crippen LogP contribution in [0.15, 0.2) is 45.3 Å². The standard InChI is InChI=1S/C17H17Br2NO2/c1-11-3-6-15(13(18)9-11)20-17(21)8-5-12-4-7-16(22-2)14(19)10-12/h3-4,6-7,9-10H,5,8H2,1-2H3,(H,20,21). The zero-order valence-corrected chi connectivity index (χ0v) is 15.6. The minimum absolute atomic E-state index is 0.00325. The van der Waals surface area contributed by atoms with Gasteiger partial charge in [-0.1, -0.05) is 12.1 Å².